The first kappa shape index (κ1) is 22.9. The van der Waals surface area contributed by atoms with Crippen molar-refractivity contribution < 1.29 is 9.53 Å². The number of thioether (sulfide) groups is 1. The molecule has 1 amide bonds. The zero-order valence-electron chi connectivity index (χ0n) is 18.5. The molecule has 0 radical (unpaired) electrons. The summed E-state index contributed by atoms with van der Waals surface area (Å²) in [6.07, 6.45) is 0.749. The van der Waals surface area contributed by atoms with Crippen molar-refractivity contribution in [2.75, 3.05) is 5.75 Å². The highest BCUT2D eigenvalue weighted by molar-refractivity contribution is 7.99. The molecule has 0 bridgehead atoms. The van der Waals surface area contributed by atoms with Crippen LogP contribution < -0.4 is 10.1 Å². The maximum Gasteiger partial charge on any atom is 0.230 e. The van der Waals surface area contributed by atoms with E-state index in [2.05, 4.69) is 34.6 Å². The predicted octanol–water partition coefficient (Wildman–Crippen LogP) is 4.97. The van der Waals surface area contributed by atoms with Crippen LogP contribution >= 0.6 is 11.8 Å². The molecule has 0 aliphatic rings. The van der Waals surface area contributed by atoms with Crippen molar-refractivity contribution in [2.45, 2.75) is 58.0 Å². The maximum absolute atomic E-state index is 12.4. The zero-order valence-corrected chi connectivity index (χ0v) is 19.4. The quantitative estimate of drug-likeness (QED) is 0.453. The van der Waals surface area contributed by atoms with Gasteiger partial charge in [0.1, 0.15) is 5.75 Å². The molecular formula is C24H30N4O2S. The lowest BCUT2D eigenvalue weighted by Gasteiger charge is -2.16. The summed E-state index contributed by atoms with van der Waals surface area (Å²) in [6, 6.07) is 18.0. The highest BCUT2D eigenvalue weighted by Crippen LogP contribution is 2.25. The minimum absolute atomic E-state index is 0.0335. The first-order valence-corrected chi connectivity index (χ1v) is 11.7. The van der Waals surface area contributed by atoms with E-state index in [1.54, 1.807) is 0 Å². The molecule has 1 N–H and O–H groups in total. The number of hydrogen-bond donors (Lipinski definition) is 1. The lowest BCUT2D eigenvalue weighted by Crippen LogP contribution is -2.28. The topological polar surface area (TPSA) is 69.0 Å². The van der Waals surface area contributed by atoms with Crippen LogP contribution in [0, 0.1) is 0 Å². The lowest BCUT2D eigenvalue weighted by molar-refractivity contribution is -0.119. The molecule has 0 aliphatic carbocycles. The summed E-state index contributed by atoms with van der Waals surface area (Å²) in [6.45, 7) is 8.82. The molecule has 2 aromatic carbocycles. The van der Waals surface area contributed by atoms with Crippen molar-refractivity contribution in [1.29, 1.82) is 0 Å². The number of aromatic nitrogens is 3. The van der Waals surface area contributed by atoms with E-state index in [0.717, 1.165) is 28.7 Å². The molecule has 6 nitrogen and oxygen atoms in total. The predicted molar refractivity (Wildman–Crippen MR) is 124 cm³/mol. The Labute approximate surface area is 188 Å². The normalized spacial score (nSPS) is 12.9. The number of ether oxygens (including phenoxy) is 1. The standard InChI is InChI=1S/C24H30N4O2S/c1-5-19-12-14-21(15-13-19)30-18(4)23-26-27-24(28(23)6-2)31-16-22(29)25-17(3)20-10-8-7-9-11-20/h7-15,17-18H,5-6,16H2,1-4H3,(H,25,29)/t17-,18+/m1/s1. The number of nitrogens with zero attached hydrogens (tertiary/aromatic N) is 3. The third-order valence-corrected chi connectivity index (χ3v) is 6.05. The second-order valence-corrected chi connectivity index (χ2v) is 8.27. The van der Waals surface area contributed by atoms with Crippen LogP contribution in [-0.2, 0) is 17.8 Å². The molecule has 1 aromatic heterocycles. The fraction of sp³-hybridized carbons (Fsp3) is 0.375. The number of amides is 1. The van der Waals surface area contributed by atoms with E-state index in [1.807, 2.05) is 67.8 Å². The molecule has 0 saturated heterocycles. The van der Waals surface area contributed by atoms with Gasteiger partial charge in [-0.15, -0.1) is 10.2 Å². The molecule has 7 heteroatoms. The molecular weight excluding hydrogens is 408 g/mol. The van der Waals surface area contributed by atoms with Crippen LogP contribution in [0.5, 0.6) is 5.75 Å². The first-order chi connectivity index (χ1) is 15.0. The van der Waals surface area contributed by atoms with Gasteiger partial charge in [0.15, 0.2) is 17.1 Å². The summed E-state index contributed by atoms with van der Waals surface area (Å²) in [5.74, 6) is 1.80. The molecule has 164 valence electrons. The van der Waals surface area contributed by atoms with Crippen molar-refractivity contribution in [3.63, 3.8) is 0 Å². The van der Waals surface area contributed by atoms with Crippen molar-refractivity contribution in [2.24, 2.45) is 0 Å². The number of nitrogens with one attached hydrogen (secondary N) is 1. The summed E-state index contributed by atoms with van der Waals surface area (Å²) in [7, 11) is 0. The molecule has 0 spiro atoms. The Kier molecular flexibility index (Phi) is 8.12. The molecule has 1 heterocycles. The van der Waals surface area contributed by atoms with Crippen molar-refractivity contribution >= 4 is 17.7 Å². The minimum Gasteiger partial charge on any atom is -0.483 e. The highest BCUT2D eigenvalue weighted by Gasteiger charge is 2.20. The van der Waals surface area contributed by atoms with Gasteiger partial charge in [-0.1, -0.05) is 61.2 Å². The molecule has 3 aromatic rings. The number of benzene rings is 2. The summed E-state index contributed by atoms with van der Waals surface area (Å²) in [5, 5.41) is 12.4. The largest absolute Gasteiger partial charge is 0.483 e. The molecule has 0 saturated carbocycles. The Balaban J connectivity index is 1.59. The summed E-state index contributed by atoms with van der Waals surface area (Å²) < 4.78 is 8.07. The monoisotopic (exact) mass is 438 g/mol. The SMILES string of the molecule is CCc1ccc(O[C@@H](C)c2nnc(SCC(=O)N[C@H](C)c3ccccc3)n2CC)cc1. The van der Waals surface area contributed by atoms with Gasteiger partial charge in [-0.3, -0.25) is 4.79 Å². The Hall–Kier alpha value is -2.80. The fourth-order valence-corrected chi connectivity index (χ4v) is 4.12. The van der Waals surface area contributed by atoms with E-state index >= 15 is 0 Å². The van der Waals surface area contributed by atoms with Gasteiger partial charge in [0.2, 0.25) is 5.91 Å². The van der Waals surface area contributed by atoms with Gasteiger partial charge < -0.3 is 14.6 Å². The number of rotatable bonds is 10. The van der Waals surface area contributed by atoms with Crippen molar-refractivity contribution in [1.82, 2.24) is 20.1 Å². The Morgan fingerprint density at radius 3 is 2.42 bits per heavy atom. The molecule has 31 heavy (non-hydrogen) atoms. The van der Waals surface area contributed by atoms with E-state index in [9.17, 15) is 4.79 Å². The Morgan fingerprint density at radius 1 is 1.06 bits per heavy atom. The van der Waals surface area contributed by atoms with Crippen molar-refractivity contribution in [3.8, 4) is 5.75 Å². The minimum atomic E-state index is -0.249. The lowest BCUT2D eigenvalue weighted by atomic mass is 10.1. The van der Waals surface area contributed by atoms with Crippen molar-refractivity contribution in [3.05, 3.63) is 71.5 Å². The number of carbonyl (C=O) groups is 1. The van der Waals surface area contributed by atoms with E-state index < -0.39 is 0 Å². The van der Waals surface area contributed by atoms with E-state index in [0.29, 0.717) is 6.54 Å². The third-order valence-electron chi connectivity index (χ3n) is 5.08. The van der Waals surface area contributed by atoms with Crippen LogP contribution in [0.3, 0.4) is 0 Å². The highest BCUT2D eigenvalue weighted by atomic mass is 32.2. The number of carbonyl (C=O) groups excluding carboxylic acids is 1. The van der Waals surface area contributed by atoms with Crippen LogP contribution in [0.2, 0.25) is 0 Å². The van der Waals surface area contributed by atoms with Gasteiger partial charge in [0.05, 0.1) is 11.8 Å². The van der Waals surface area contributed by atoms with Gasteiger partial charge in [0, 0.05) is 6.54 Å². The van der Waals surface area contributed by atoms with Gasteiger partial charge in [-0.25, -0.2) is 0 Å². The van der Waals surface area contributed by atoms with Crippen LogP contribution in [-0.4, -0.2) is 26.4 Å². The van der Waals surface area contributed by atoms with E-state index in [-0.39, 0.29) is 23.8 Å². The zero-order chi connectivity index (χ0) is 22.2. The maximum atomic E-state index is 12.4. The number of aryl methyl sites for hydroxylation is 1. The smallest absolute Gasteiger partial charge is 0.230 e. The van der Waals surface area contributed by atoms with Crippen LogP contribution in [0.1, 0.15) is 56.8 Å². The second-order valence-electron chi connectivity index (χ2n) is 7.33. The van der Waals surface area contributed by atoms with Crippen LogP contribution in [0.4, 0.5) is 0 Å². The van der Waals surface area contributed by atoms with Gasteiger partial charge in [0.25, 0.3) is 0 Å². The van der Waals surface area contributed by atoms with Crippen LogP contribution in [0.15, 0.2) is 59.8 Å². The average Bonchev–Trinajstić information content (AvgIpc) is 3.22. The summed E-state index contributed by atoms with van der Waals surface area (Å²) in [4.78, 5) is 12.4. The Morgan fingerprint density at radius 2 is 1.77 bits per heavy atom. The van der Waals surface area contributed by atoms with Gasteiger partial charge in [-0.2, -0.15) is 0 Å². The van der Waals surface area contributed by atoms with Crippen LogP contribution in [0.25, 0.3) is 0 Å². The van der Waals surface area contributed by atoms with E-state index in [1.165, 1.54) is 17.3 Å². The van der Waals surface area contributed by atoms with Gasteiger partial charge in [-0.05, 0) is 50.5 Å². The number of hydrogen-bond acceptors (Lipinski definition) is 5. The summed E-state index contributed by atoms with van der Waals surface area (Å²) >= 11 is 1.39. The fourth-order valence-electron chi connectivity index (χ4n) is 3.30. The average molecular weight is 439 g/mol. The van der Waals surface area contributed by atoms with E-state index in [4.69, 9.17) is 4.74 Å². The molecule has 0 aliphatic heterocycles. The molecule has 0 fully saturated rings. The molecule has 3 rings (SSSR count). The second kappa shape index (κ2) is 11.0. The Bertz CT molecular complexity index is 973. The third kappa shape index (κ3) is 6.10. The molecule has 2 atom stereocenters. The van der Waals surface area contributed by atoms with Gasteiger partial charge >= 0.3 is 0 Å². The summed E-state index contributed by atoms with van der Waals surface area (Å²) in [5.41, 5.74) is 2.35. The first-order valence-electron chi connectivity index (χ1n) is 10.7. The molecule has 0 unspecified atom stereocenters.